The minimum atomic E-state index is -0.601. The summed E-state index contributed by atoms with van der Waals surface area (Å²) < 4.78 is 1.08. The Morgan fingerprint density at radius 2 is 2.17 bits per heavy atom. The molecular weight excluding hydrogens is 292 g/mol. The van der Waals surface area contributed by atoms with E-state index in [1.807, 2.05) is 31.3 Å². The van der Waals surface area contributed by atoms with Gasteiger partial charge in [-0.1, -0.05) is 28.1 Å². The SMILES string of the molecule is CC1(O)CCN(c2nccc3c(Br)cccc23)C1. The molecule has 2 aromatic rings. The molecule has 3 rings (SSSR count). The summed E-state index contributed by atoms with van der Waals surface area (Å²) in [7, 11) is 0. The summed E-state index contributed by atoms with van der Waals surface area (Å²) >= 11 is 3.57. The predicted molar refractivity (Wildman–Crippen MR) is 76.9 cm³/mol. The fourth-order valence-corrected chi connectivity index (χ4v) is 3.03. The molecule has 0 radical (unpaired) electrons. The summed E-state index contributed by atoms with van der Waals surface area (Å²) in [6.07, 6.45) is 2.62. The number of benzene rings is 1. The number of pyridine rings is 1. The largest absolute Gasteiger partial charge is 0.388 e. The van der Waals surface area contributed by atoms with E-state index in [4.69, 9.17) is 0 Å². The molecule has 1 saturated heterocycles. The zero-order valence-corrected chi connectivity index (χ0v) is 11.8. The third kappa shape index (κ3) is 1.99. The summed E-state index contributed by atoms with van der Waals surface area (Å²) in [6.45, 7) is 3.38. The van der Waals surface area contributed by atoms with E-state index in [-0.39, 0.29) is 0 Å². The fraction of sp³-hybridized carbons (Fsp3) is 0.357. The number of nitrogens with zero attached hydrogens (tertiary/aromatic N) is 2. The lowest BCUT2D eigenvalue weighted by Gasteiger charge is -2.21. The highest BCUT2D eigenvalue weighted by atomic mass is 79.9. The van der Waals surface area contributed by atoms with Crippen LogP contribution < -0.4 is 4.90 Å². The van der Waals surface area contributed by atoms with E-state index < -0.39 is 5.60 Å². The van der Waals surface area contributed by atoms with E-state index >= 15 is 0 Å². The van der Waals surface area contributed by atoms with Crippen molar-refractivity contribution in [1.82, 2.24) is 4.98 Å². The van der Waals surface area contributed by atoms with Gasteiger partial charge in [0.15, 0.2) is 0 Å². The van der Waals surface area contributed by atoms with Crippen molar-refractivity contribution < 1.29 is 5.11 Å². The molecule has 4 heteroatoms. The molecule has 1 aliphatic rings. The third-order valence-electron chi connectivity index (χ3n) is 3.48. The van der Waals surface area contributed by atoms with Crippen molar-refractivity contribution in [1.29, 1.82) is 0 Å². The summed E-state index contributed by atoms with van der Waals surface area (Å²) in [6, 6.07) is 8.14. The number of anilines is 1. The molecule has 0 spiro atoms. The van der Waals surface area contributed by atoms with Crippen LogP contribution in [0.5, 0.6) is 0 Å². The van der Waals surface area contributed by atoms with E-state index in [0.29, 0.717) is 6.54 Å². The molecule has 0 saturated carbocycles. The second-order valence-corrected chi connectivity index (χ2v) is 5.99. The topological polar surface area (TPSA) is 36.4 Å². The van der Waals surface area contributed by atoms with Crippen LogP contribution in [0, 0.1) is 0 Å². The van der Waals surface area contributed by atoms with Crippen LogP contribution in [0.4, 0.5) is 5.82 Å². The van der Waals surface area contributed by atoms with Crippen molar-refractivity contribution in [2.24, 2.45) is 0 Å². The van der Waals surface area contributed by atoms with Crippen molar-refractivity contribution in [3.8, 4) is 0 Å². The quantitative estimate of drug-likeness (QED) is 0.880. The van der Waals surface area contributed by atoms with Gasteiger partial charge in [0.25, 0.3) is 0 Å². The molecule has 1 aliphatic heterocycles. The number of rotatable bonds is 1. The lowest BCUT2D eigenvalue weighted by Crippen LogP contribution is -2.30. The Hall–Kier alpha value is -1.13. The molecule has 2 heterocycles. The molecule has 1 unspecified atom stereocenters. The number of hydrogen-bond donors (Lipinski definition) is 1. The van der Waals surface area contributed by atoms with Crippen LogP contribution in [0.1, 0.15) is 13.3 Å². The molecule has 1 fully saturated rings. The standard InChI is InChI=1S/C14H15BrN2O/c1-14(18)6-8-17(9-14)13-11-3-2-4-12(15)10(11)5-7-16-13/h2-5,7,18H,6,8-9H2,1H3. The lowest BCUT2D eigenvalue weighted by atomic mass is 10.1. The number of fused-ring (bicyclic) bond motifs is 1. The van der Waals surface area contributed by atoms with Crippen molar-refractivity contribution in [2.75, 3.05) is 18.0 Å². The summed E-state index contributed by atoms with van der Waals surface area (Å²) in [4.78, 5) is 6.65. The monoisotopic (exact) mass is 306 g/mol. The molecular formula is C14H15BrN2O. The fourth-order valence-electron chi connectivity index (χ4n) is 2.53. The number of halogens is 1. The van der Waals surface area contributed by atoms with E-state index in [0.717, 1.165) is 34.0 Å². The Morgan fingerprint density at radius 3 is 2.89 bits per heavy atom. The van der Waals surface area contributed by atoms with Crippen molar-refractivity contribution in [3.63, 3.8) is 0 Å². The first kappa shape index (κ1) is 11.9. The van der Waals surface area contributed by atoms with Gasteiger partial charge in [-0.2, -0.15) is 0 Å². The first-order valence-electron chi connectivity index (χ1n) is 6.07. The normalized spacial score (nSPS) is 23.8. The van der Waals surface area contributed by atoms with Gasteiger partial charge in [-0.3, -0.25) is 0 Å². The number of hydrogen-bond acceptors (Lipinski definition) is 3. The molecule has 0 bridgehead atoms. The van der Waals surface area contributed by atoms with Crippen LogP contribution >= 0.6 is 15.9 Å². The average molecular weight is 307 g/mol. The molecule has 1 N–H and O–H groups in total. The first-order valence-corrected chi connectivity index (χ1v) is 6.87. The highest BCUT2D eigenvalue weighted by molar-refractivity contribution is 9.10. The van der Waals surface area contributed by atoms with Crippen molar-refractivity contribution in [2.45, 2.75) is 18.9 Å². The zero-order chi connectivity index (χ0) is 12.8. The van der Waals surface area contributed by atoms with Crippen LogP contribution in [0.15, 0.2) is 34.9 Å². The van der Waals surface area contributed by atoms with Gasteiger partial charge in [0.1, 0.15) is 5.82 Å². The van der Waals surface area contributed by atoms with Crippen LogP contribution in [0.25, 0.3) is 10.8 Å². The van der Waals surface area contributed by atoms with Gasteiger partial charge in [-0.05, 0) is 25.5 Å². The van der Waals surface area contributed by atoms with Gasteiger partial charge in [0.2, 0.25) is 0 Å². The smallest absolute Gasteiger partial charge is 0.136 e. The summed E-state index contributed by atoms with van der Waals surface area (Å²) in [5, 5.41) is 12.4. The van der Waals surface area contributed by atoms with Gasteiger partial charge < -0.3 is 10.0 Å². The van der Waals surface area contributed by atoms with Crippen LogP contribution in [-0.2, 0) is 0 Å². The maximum absolute atomic E-state index is 10.1. The molecule has 1 atom stereocenters. The van der Waals surface area contributed by atoms with Crippen molar-refractivity contribution >= 4 is 32.5 Å². The highest BCUT2D eigenvalue weighted by Gasteiger charge is 2.32. The number of aromatic nitrogens is 1. The Bertz CT molecular complexity index is 597. The van der Waals surface area contributed by atoms with Gasteiger partial charge >= 0.3 is 0 Å². The predicted octanol–water partition coefficient (Wildman–Crippen LogP) is 2.96. The minimum absolute atomic E-state index is 0.601. The maximum atomic E-state index is 10.1. The highest BCUT2D eigenvalue weighted by Crippen LogP contribution is 2.33. The summed E-state index contributed by atoms with van der Waals surface area (Å²) in [5.41, 5.74) is -0.601. The third-order valence-corrected chi connectivity index (χ3v) is 4.17. The molecule has 94 valence electrons. The van der Waals surface area contributed by atoms with Crippen LogP contribution in [-0.4, -0.2) is 28.8 Å². The van der Waals surface area contributed by atoms with E-state index in [1.165, 1.54) is 0 Å². The molecule has 0 aliphatic carbocycles. The Morgan fingerprint density at radius 1 is 1.33 bits per heavy atom. The molecule has 1 aromatic heterocycles. The summed E-state index contributed by atoms with van der Waals surface area (Å²) in [5.74, 6) is 0.964. The van der Waals surface area contributed by atoms with Gasteiger partial charge in [0.05, 0.1) is 5.60 Å². The Balaban J connectivity index is 2.10. The van der Waals surface area contributed by atoms with E-state index in [9.17, 15) is 5.11 Å². The van der Waals surface area contributed by atoms with Gasteiger partial charge in [-0.15, -0.1) is 0 Å². The van der Waals surface area contributed by atoms with E-state index in [1.54, 1.807) is 0 Å². The lowest BCUT2D eigenvalue weighted by molar-refractivity contribution is 0.0839. The first-order chi connectivity index (χ1) is 8.57. The Kier molecular flexibility index (Phi) is 2.79. The molecule has 1 aromatic carbocycles. The number of β-amino-alcohol motifs (C(OH)–C–C–N with tert-alkyl or cyclic N) is 1. The van der Waals surface area contributed by atoms with Crippen molar-refractivity contribution in [3.05, 3.63) is 34.9 Å². The second kappa shape index (κ2) is 4.21. The molecule has 0 amide bonds. The van der Waals surface area contributed by atoms with Crippen LogP contribution in [0.2, 0.25) is 0 Å². The van der Waals surface area contributed by atoms with Gasteiger partial charge in [-0.25, -0.2) is 4.98 Å². The maximum Gasteiger partial charge on any atom is 0.136 e. The minimum Gasteiger partial charge on any atom is -0.388 e. The zero-order valence-electron chi connectivity index (χ0n) is 10.2. The van der Waals surface area contributed by atoms with E-state index in [2.05, 4.69) is 31.9 Å². The Labute approximate surface area is 115 Å². The number of aliphatic hydroxyl groups is 1. The van der Waals surface area contributed by atoms with Crippen LogP contribution in [0.3, 0.4) is 0 Å². The molecule has 3 nitrogen and oxygen atoms in total. The average Bonchev–Trinajstić information content (AvgIpc) is 2.70. The van der Waals surface area contributed by atoms with Gasteiger partial charge in [0, 0.05) is 34.5 Å². The molecule has 18 heavy (non-hydrogen) atoms. The second-order valence-electron chi connectivity index (χ2n) is 5.14.